The molecule has 1 saturated heterocycles. The van der Waals surface area contributed by atoms with Crippen molar-refractivity contribution >= 4 is 86.7 Å². The Hall–Kier alpha value is -1.77. The molecule has 156 valence electrons. The highest BCUT2D eigenvalue weighted by molar-refractivity contribution is 8.26. The summed E-state index contributed by atoms with van der Waals surface area (Å²) in [5.74, 6) is 0.164. The van der Waals surface area contributed by atoms with Crippen LogP contribution in [0.2, 0.25) is 15.1 Å². The molecular formula is C20H15Cl3N2O3S2. The number of thiocarbonyl (C=S) groups is 1. The molecule has 30 heavy (non-hydrogen) atoms. The van der Waals surface area contributed by atoms with Crippen LogP contribution in [0.25, 0.3) is 6.08 Å². The van der Waals surface area contributed by atoms with E-state index in [9.17, 15) is 9.59 Å². The van der Waals surface area contributed by atoms with Gasteiger partial charge >= 0.3 is 0 Å². The number of rotatable bonds is 6. The van der Waals surface area contributed by atoms with Crippen LogP contribution in [0.5, 0.6) is 5.75 Å². The minimum absolute atomic E-state index is 0.0405. The van der Waals surface area contributed by atoms with Gasteiger partial charge in [0.15, 0.2) is 0 Å². The Morgan fingerprint density at radius 2 is 1.83 bits per heavy atom. The van der Waals surface area contributed by atoms with E-state index in [4.69, 9.17) is 51.8 Å². The standard InChI is InChI=1S/C20H15Cl3N2O3S2/c1-28-12-4-2-11(3-5-12)8-17-19(27)25(20(29)30-17)7-6-18(26)24-16-10-14(22)13(21)9-15(16)23/h2-5,8-10H,6-7H2,1H3,(H,24,26)/b17-8-. The minimum Gasteiger partial charge on any atom is -0.497 e. The first-order valence-corrected chi connectivity index (χ1v) is 11.0. The highest BCUT2D eigenvalue weighted by Gasteiger charge is 2.32. The third-order valence-corrected chi connectivity index (χ3v) is 6.55. The van der Waals surface area contributed by atoms with Crippen LogP contribution >= 0.6 is 58.8 Å². The zero-order valence-electron chi connectivity index (χ0n) is 15.6. The molecule has 2 aromatic carbocycles. The molecule has 3 rings (SSSR count). The normalized spacial score (nSPS) is 15.1. The number of benzene rings is 2. The Labute approximate surface area is 198 Å². The van der Waals surface area contributed by atoms with Crippen LogP contribution in [0.15, 0.2) is 41.3 Å². The van der Waals surface area contributed by atoms with E-state index >= 15 is 0 Å². The number of ether oxygens (including phenoxy) is 1. The van der Waals surface area contributed by atoms with Gasteiger partial charge in [-0.2, -0.15) is 0 Å². The molecule has 0 bridgehead atoms. The molecule has 0 atom stereocenters. The molecule has 0 spiro atoms. The zero-order valence-corrected chi connectivity index (χ0v) is 19.5. The fourth-order valence-electron chi connectivity index (χ4n) is 2.59. The van der Waals surface area contributed by atoms with Gasteiger partial charge in [0, 0.05) is 13.0 Å². The molecule has 1 fully saturated rings. The topological polar surface area (TPSA) is 58.6 Å². The van der Waals surface area contributed by atoms with Crippen molar-refractivity contribution in [2.75, 3.05) is 19.0 Å². The van der Waals surface area contributed by atoms with Crippen molar-refractivity contribution in [1.29, 1.82) is 0 Å². The van der Waals surface area contributed by atoms with Gasteiger partial charge in [-0.3, -0.25) is 14.5 Å². The van der Waals surface area contributed by atoms with Crippen molar-refractivity contribution in [3.05, 3.63) is 61.9 Å². The van der Waals surface area contributed by atoms with Crippen molar-refractivity contribution < 1.29 is 14.3 Å². The van der Waals surface area contributed by atoms with E-state index in [-0.39, 0.29) is 34.8 Å². The molecule has 1 N–H and O–H groups in total. The Bertz CT molecular complexity index is 1040. The van der Waals surface area contributed by atoms with Gasteiger partial charge in [-0.25, -0.2) is 0 Å². The molecule has 0 aliphatic carbocycles. The maximum atomic E-state index is 12.7. The summed E-state index contributed by atoms with van der Waals surface area (Å²) >= 11 is 24.4. The fraction of sp³-hybridized carbons (Fsp3) is 0.150. The lowest BCUT2D eigenvalue weighted by Crippen LogP contribution is -2.31. The van der Waals surface area contributed by atoms with Crippen LogP contribution in [-0.2, 0) is 9.59 Å². The van der Waals surface area contributed by atoms with E-state index in [0.717, 1.165) is 11.3 Å². The van der Waals surface area contributed by atoms with Gasteiger partial charge in [-0.1, -0.05) is 70.9 Å². The molecule has 0 saturated carbocycles. The Morgan fingerprint density at radius 3 is 2.50 bits per heavy atom. The second kappa shape index (κ2) is 10.0. The summed E-state index contributed by atoms with van der Waals surface area (Å²) in [6, 6.07) is 10.2. The van der Waals surface area contributed by atoms with Gasteiger partial charge in [0.2, 0.25) is 5.91 Å². The number of halogens is 3. The van der Waals surface area contributed by atoms with E-state index in [1.165, 1.54) is 28.8 Å². The largest absolute Gasteiger partial charge is 0.497 e. The number of anilines is 1. The average molecular weight is 502 g/mol. The molecule has 2 aromatic rings. The van der Waals surface area contributed by atoms with Crippen molar-refractivity contribution in [3.8, 4) is 5.75 Å². The van der Waals surface area contributed by atoms with Gasteiger partial charge in [0.25, 0.3) is 5.91 Å². The van der Waals surface area contributed by atoms with Gasteiger partial charge in [0.1, 0.15) is 10.1 Å². The first kappa shape index (κ1) is 22.9. The zero-order chi connectivity index (χ0) is 21.8. The van der Waals surface area contributed by atoms with Crippen molar-refractivity contribution in [2.24, 2.45) is 0 Å². The fourth-order valence-corrected chi connectivity index (χ4v) is 4.49. The molecule has 1 heterocycles. The number of carbonyl (C=O) groups is 2. The highest BCUT2D eigenvalue weighted by Crippen LogP contribution is 2.34. The van der Waals surface area contributed by atoms with Crippen LogP contribution in [0, 0.1) is 0 Å². The second-order valence-electron chi connectivity index (χ2n) is 6.15. The molecule has 1 aliphatic heterocycles. The summed E-state index contributed by atoms with van der Waals surface area (Å²) in [6.07, 6.45) is 1.80. The first-order valence-electron chi connectivity index (χ1n) is 8.62. The summed E-state index contributed by atoms with van der Waals surface area (Å²) in [5, 5.41) is 3.50. The molecule has 0 aromatic heterocycles. The number of methoxy groups -OCH3 is 1. The number of thioether (sulfide) groups is 1. The Kier molecular flexibility index (Phi) is 7.65. The monoisotopic (exact) mass is 500 g/mol. The summed E-state index contributed by atoms with van der Waals surface area (Å²) in [4.78, 5) is 26.9. The molecule has 0 unspecified atom stereocenters. The Morgan fingerprint density at radius 1 is 1.17 bits per heavy atom. The predicted octanol–water partition coefficient (Wildman–Crippen LogP) is 5.89. The van der Waals surface area contributed by atoms with E-state index in [1.54, 1.807) is 13.2 Å². The second-order valence-corrected chi connectivity index (χ2v) is 9.05. The van der Waals surface area contributed by atoms with Crippen LogP contribution in [0.3, 0.4) is 0 Å². The van der Waals surface area contributed by atoms with E-state index < -0.39 is 0 Å². The molecule has 10 heteroatoms. The molecule has 5 nitrogen and oxygen atoms in total. The van der Waals surface area contributed by atoms with E-state index in [1.807, 2.05) is 24.3 Å². The predicted molar refractivity (Wildman–Crippen MR) is 128 cm³/mol. The lowest BCUT2D eigenvalue weighted by atomic mass is 10.2. The van der Waals surface area contributed by atoms with E-state index in [2.05, 4.69) is 5.32 Å². The molecule has 1 aliphatic rings. The number of hydrogen-bond acceptors (Lipinski definition) is 5. The van der Waals surface area contributed by atoms with E-state index in [0.29, 0.717) is 19.9 Å². The van der Waals surface area contributed by atoms with Crippen molar-refractivity contribution in [3.63, 3.8) is 0 Å². The SMILES string of the molecule is COc1ccc(/C=C2\SC(=S)N(CCC(=O)Nc3cc(Cl)c(Cl)cc3Cl)C2=O)cc1. The number of amides is 2. The maximum absolute atomic E-state index is 12.7. The molecular weight excluding hydrogens is 487 g/mol. The van der Waals surface area contributed by atoms with Gasteiger partial charge in [0.05, 0.1) is 32.8 Å². The third kappa shape index (κ3) is 5.47. The van der Waals surface area contributed by atoms with Gasteiger partial charge < -0.3 is 10.1 Å². The summed E-state index contributed by atoms with van der Waals surface area (Å²) in [6.45, 7) is 0.148. The number of carbonyl (C=O) groups excluding carboxylic acids is 2. The highest BCUT2D eigenvalue weighted by atomic mass is 35.5. The molecule has 0 radical (unpaired) electrons. The summed E-state index contributed by atoms with van der Waals surface area (Å²) in [7, 11) is 1.59. The van der Waals surface area contributed by atoms with Gasteiger partial charge in [-0.05, 0) is 35.9 Å². The van der Waals surface area contributed by atoms with Crippen LogP contribution in [0.4, 0.5) is 5.69 Å². The van der Waals surface area contributed by atoms with Crippen LogP contribution in [-0.4, -0.2) is 34.7 Å². The van der Waals surface area contributed by atoms with Crippen LogP contribution < -0.4 is 10.1 Å². The van der Waals surface area contributed by atoms with Crippen molar-refractivity contribution in [1.82, 2.24) is 4.90 Å². The average Bonchev–Trinajstić information content (AvgIpc) is 2.98. The Balaban J connectivity index is 1.62. The van der Waals surface area contributed by atoms with Crippen LogP contribution in [0.1, 0.15) is 12.0 Å². The first-order chi connectivity index (χ1) is 14.3. The lowest BCUT2D eigenvalue weighted by Gasteiger charge is -2.14. The van der Waals surface area contributed by atoms with Crippen molar-refractivity contribution in [2.45, 2.75) is 6.42 Å². The lowest BCUT2D eigenvalue weighted by molar-refractivity contribution is -0.122. The smallest absolute Gasteiger partial charge is 0.266 e. The molecule has 2 amide bonds. The maximum Gasteiger partial charge on any atom is 0.266 e. The van der Waals surface area contributed by atoms with Gasteiger partial charge in [-0.15, -0.1) is 0 Å². The number of hydrogen-bond donors (Lipinski definition) is 1. The summed E-state index contributed by atoms with van der Waals surface area (Å²) < 4.78 is 5.53. The minimum atomic E-state index is -0.330. The third-order valence-electron chi connectivity index (χ3n) is 4.13. The number of nitrogens with zero attached hydrogens (tertiary/aromatic N) is 1. The summed E-state index contributed by atoms with van der Waals surface area (Å²) in [5.41, 5.74) is 1.20. The quantitative estimate of drug-likeness (QED) is 0.304. The number of nitrogens with one attached hydrogen (secondary N) is 1.